The van der Waals surface area contributed by atoms with Crippen LogP contribution in [0.5, 0.6) is 0 Å². The van der Waals surface area contributed by atoms with Crippen molar-refractivity contribution in [2.45, 2.75) is 13.8 Å². The van der Waals surface area contributed by atoms with E-state index in [2.05, 4.69) is 36.2 Å². The molecule has 76 valence electrons. The molecule has 0 spiro atoms. The molecule has 0 bridgehead atoms. The van der Waals surface area contributed by atoms with E-state index in [-0.39, 0.29) is 7.92 Å². The van der Waals surface area contributed by atoms with Gasteiger partial charge in [0.25, 0.3) is 0 Å². The van der Waals surface area contributed by atoms with Gasteiger partial charge in [-0.2, -0.15) is 0 Å². The molecule has 0 amide bonds. The third-order valence-electron chi connectivity index (χ3n) is 1.87. The van der Waals surface area contributed by atoms with Gasteiger partial charge in [0, 0.05) is 7.92 Å². The van der Waals surface area contributed by atoms with E-state index in [0.29, 0.717) is 0 Å². The summed E-state index contributed by atoms with van der Waals surface area (Å²) in [5, 5.41) is 1.38. The molecule has 2 rings (SSSR count). The van der Waals surface area contributed by atoms with E-state index < -0.39 is 0 Å². The fourth-order valence-corrected chi connectivity index (χ4v) is 2.83. The van der Waals surface area contributed by atoms with E-state index in [9.17, 15) is 0 Å². The molecular formula is C11H17N2P. The fourth-order valence-electron chi connectivity index (χ4n) is 1.36. The summed E-state index contributed by atoms with van der Waals surface area (Å²) in [6.07, 6.45) is 0. The molecule has 1 aliphatic rings. The highest BCUT2D eigenvalue weighted by Crippen LogP contribution is 2.36. The molecule has 0 aliphatic carbocycles. The second-order valence-electron chi connectivity index (χ2n) is 2.89. The van der Waals surface area contributed by atoms with Gasteiger partial charge in [0.1, 0.15) is 7.05 Å². The second-order valence-corrected chi connectivity index (χ2v) is 4.82. The zero-order chi connectivity index (χ0) is 10.6. The number of hydrogen-bond acceptors (Lipinski definition) is 0. The quantitative estimate of drug-likeness (QED) is 0.460. The van der Waals surface area contributed by atoms with Crippen LogP contribution in [0.2, 0.25) is 0 Å². The lowest BCUT2D eigenvalue weighted by atomic mass is 10.3. The predicted molar refractivity (Wildman–Crippen MR) is 65.5 cm³/mol. The molecule has 0 N–H and O–H groups in total. The van der Waals surface area contributed by atoms with Gasteiger partial charge in [0.15, 0.2) is 5.96 Å². The summed E-state index contributed by atoms with van der Waals surface area (Å²) in [7, 11) is 1.84. The van der Waals surface area contributed by atoms with Crippen molar-refractivity contribution in [3.8, 4) is 0 Å². The minimum atomic E-state index is -0.140. The summed E-state index contributed by atoms with van der Waals surface area (Å²) >= 11 is 0. The van der Waals surface area contributed by atoms with E-state index in [0.717, 1.165) is 5.69 Å². The lowest BCUT2D eigenvalue weighted by Crippen LogP contribution is -2.13. The maximum Gasteiger partial charge on any atom is 0.160 e. The first-order valence-corrected chi connectivity index (χ1v) is 6.74. The van der Waals surface area contributed by atoms with Crippen molar-refractivity contribution < 1.29 is 4.68 Å². The first-order chi connectivity index (χ1) is 6.77. The fraction of sp³-hybridized carbons (Fsp3) is 0.364. The summed E-state index contributed by atoms with van der Waals surface area (Å²) in [4.78, 5) is 0. The number of hydrogen-bond donors (Lipinski definition) is 0. The van der Waals surface area contributed by atoms with E-state index in [1.54, 1.807) is 0 Å². The summed E-state index contributed by atoms with van der Waals surface area (Å²) in [6, 6.07) is 8.34. The molecule has 1 unspecified atom stereocenters. The number of rotatable bonds is 0. The molecule has 14 heavy (non-hydrogen) atoms. The maximum atomic E-state index is 4.39. The van der Waals surface area contributed by atoms with Gasteiger partial charge in [0.05, 0.1) is 0 Å². The predicted octanol–water partition coefficient (Wildman–Crippen LogP) is 3.05. The molecule has 0 radical (unpaired) electrons. The van der Waals surface area contributed by atoms with Crippen LogP contribution in [0.25, 0.3) is 5.43 Å². The van der Waals surface area contributed by atoms with Crippen LogP contribution >= 0.6 is 7.92 Å². The lowest BCUT2D eigenvalue weighted by molar-refractivity contribution is -0.430. The van der Waals surface area contributed by atoms with E-state index >= 15 is 0 Å². The molecule has 1 heterocycles. The third kappa shape index (κ3) is 2.33. The van der Waals surface area contributed by atoms with Gasteiger partial charge in [-0.3, -0.25) is 4.68 Å². The van der Waals surface area contributed by atoms with Crippen molar-refractivity contribution in [1.82, 2.24) is 0 Å². The SMILES string of the molecule is CC.C[N+]1=CP(C)c2ccccc2[N-]1. The highest BCUT2D eigenvalue weighted by Gasteiger charge is 2.10. The van der Waals surface area contributed by atoms with Crippen molar-refractivity contribution in [3.63, 3.8) is 0 Å². The summed E-state index contributed by atoms with van der Waals surface area (Å²) in [5.41, 5.74) is 5.51. The van der Waals surface area contributed by atoms with Crippen LogP contribution in [0.15, 0.2) is 24.3 Å². The zero-order valence-corrected chi connectivity index (χ0v) is 10.1. The van der Waals surface area contributed by atoms with Crippen molar-refractivity contribution in [1.29, 1.82) is 0 Å². The molecule has 1 aromatic carbocycles. The second kappa shape index (κ2) is 5.11. The standard InChI is InChI=1S/C9H11N2P.C2H6/c1-11-7-12(2)9-6-4-3-5-8(9)10-11;1-2/h3-7H,1-2H3;1-2H3. The van der Waals surface area contributed by atoms with Crippen LogP contribution in [0.4, 0.5) is 5.69 Å². The zero-order valence-electron chi connectivity index (χ0n) is 9.23. The maximum absolute atomic E-state index is 4.39. The van der Waals surface area contributed by atoms with Crippen LogP contribution in [0.3, 0.4) is 0 Å². The highest BCUT2D eigenvalue weighted by atomic mass is 31.1. The Morgan fingerprint density at radius 1 is 1.21 bits per heavy atom. The van der Waals surface area contributed by atoms with Crippen LogP contribution in [0, 0.1) is 0 Å². The Bertz CT molecular complexity index is 334. The molecule has 2 nitrogen and oxygen atoms in total. The Morgan fingerprint density at radius 2 is 1.86 bits per heavy atom. The monoisotopic (exact) mass is 208 g/mol. The molecule has 3 heteroatoms. The largest absolute Gasteiger partial charge is 0.410 e. The van der Waals surface area contributed by atoms with Crippen LogP contribution in [0.1, 0.15) is 13.8 Å². The van der Waals surface area contributed by atoms with E-state index in [4.69, 9.17) is 0 Å². The molecule has 1 atom stereocenters. The number of benzene rings is 1. The minimum Gasteiger partial charge on any atom is -0.410 e. The number of fused-ring (bicyclic) bond motifs is 1. The van der Waals surface area contributed by atoms with Crippen molar-refractivity contribution in [3.05, 3.63) is 29.7 Å². The van der Waals surface area contributed by atoms with Gasteiger partial charge >= 0.3 is 0 Å². The van der Waals surface area contributed by atoms with E-state index in [1.165, 1.54) is 5.30 Å². The molecule has 1 aromatic rings. The van der Waals surface area contributed by atoms with Gasteiger partial charge in [-0.1, -0.05) is 43.8 Å². The van der Waals surface area contributed by atoms with Gasteiger partial charge in [-0.05, 0) is 12.0 Å². The smallest absolute Gasteiger partial charge is 0.160 e. The summed E-state index contributed by atoms with van der Waals surface area (Å²) in [5.74, 6) is 2.18. The molecule has 1 aliphatic heterocycles. The van der Waals surface area contributed by atoms with Gasteiger partial charge in [0.2, 0.25) is 0 Å². The average molecular weight is 208 g/mol. The first-order valence-electron chi connectivity index (χ1n) is 4.89. The molecule has 0 saturated carbocycles. The summed E-state index contributed by atoms with van der Waals surface area (Å²) in [6.45, 7) is 6.25. The minimum absolute atomic E-state index is 0.140. The Balaban J connectivity index is 0.000000461. The Labute approximate surface area is 87.4 Å². The Morgan fingerprint density at radius 3 is 2.57 bits per heavy atom. The first kappa shape index (κ1) is 11.2. The topological polar surface area (TPSA) is 17.1 Å². The molecule has 0 fully saturated rings. The molecule has 0 aromatic heterocycles. The van der Waals surface area contributed by atoms with Crippen LogP contribution in [-0.4, -0.2) is 24.4 Å². The Hall–Kier alpha value is -0.880. The van der Waals surface area contributed by atoms with Crippen LogP contribution in [-0.2, 0) is 0 Å². The summed E-state index contributed by atoms with van der Waals surface area (Å²) < 4.78 is 1.91. The lowest BCUT2D eigenvalue weighted by Gasteiger charge is -2.26. The highest BCUT2D eigenvalue weighted by molar-refractivity contribution is 7.79. The number of nitrogens with zero attached hydrogens (tertiary/aromatic N) is 2. The van der Waals surface area contributed by atoms with Crippen molar-refractivity contribution >= 4 is 24.9 Å². The van der Waals surface area contributed by atoms with Crippen molar-refractivity contribution in [2.24, 2.45) is 0 Å². The van der Waals surface area contributed by atoms with Gasteiger partial charge in [-0.25, -0.2) is 0 Å². The van der Waals surface area contributed by atoms with Crippen LogP contribution < -0.4 is 5.30 Å². The van der Waals surface area contributed by atoms with Gasteiger partial charge < -0.3 is 5.43 Å². The van der Waals surface area contributed by atoms with E-state index in [1.807, 2.05) is 31.6 Å². The molecule has 0 saturated heterocycles. The normalized spacial score (nSPS) is 18.3. The van der Waals surface area contributed by atoms with Crippen molar-refractivity contribution in [2.75, 3.05) is 13.7 Å². The Kier molecular flexibility index (Phi) is 4.09. The average Bonchev–Trinajstić information content (AvgIpc) is 2.20. The molecular weight excluding hydrogens is 191 g/mol. The van der Waals surface area contributed by atoms with Gasteiger partial charge in [-0.15, -0.1) is 0 Å². The third-order valence-corrected chi connectivity index (χ3v) is 3.69.